The zero-order chi connectivity index (χ0) is 23.4. The third-order valence-electron chi connectivity index (χ3n) is 6.48. The van der Waals surface area contributed by atoms with Gasteiger partial charge in [0.2, 0.25) is 15.9 Å². The lowest BCUT2D eigenvalue weighted by molar-refractivity contribution is -0.120. The number of nitrogens with one attached hydrogen (secondary N) is 1. The predicted octanol–water partition coefficient (Wildman–Crippen LogP) is 3.38. The van der Waals surface area contributed by atoms with Crippen molar-refractivity contribution in [3.63, 3.8) is 0 Å². The fourth-order valence-corrected chi connectivity index (χ4v) is 6.17. The van der Waals surface area contributed by atoms with Crippen LogP contribution in [0.1, 0.15) is 18.4 Å². The third kappa shape index (κ3) is 6.35. The SMILES string of the molecule is CN1CCN(c2ccc(NC(=O)C3CCN(S(=O)(=O)Cc4ccc(Br)cc4)CC3)cc2)CC1. The molecule has 2 aliphatic heterocycles. The number of hydrogen-bond donors (Lipinski definition) is 1. The van der Waals surface area contributed by atoms with Gasteiger partial charge in [0.05, 0.1) is 5.75 Å². The summed E-state index contributed by atoms with van der Waals surface area (Å²) >= 11 is 3.37. The molecule has 9 heteroatoms. The van der Waals surface area contributed by atoms with Crippen molar-refractivity contribution in [2.75, 3.05) is 56.5 Å². The molecule has 2 heterocycles. The molecule has 2 aliphatic rings. The number of anilines is 2. The van der Waals surface area contributed by atoms with Gasteiger partial charge in [-0.15, -0.1) is 0 Å². The van der Waals surface area contributed by atoms with Crippen LogP contribution in [0.4, 0.5) is 11.4 Å². The second kappa shape index (κ2) is 10.5. The molecule has 2 aromatic rings. The number of amides is 1. The minimum Gasteiger partial charge on any atom is -0.369 e. The average molecular weight is 536 g/mol. The van der Waals surface area contributed by atoms with Crippen molar-refractivity contribution in [2.45, 2.75) is 18.6 Å². The Morgan fingerprint density at radius 1 is 0.939 bits per heavy atom. The number of piperazine rings is 1. The van der Waals surface area contributed by atoms with Crippen LogP contribution >= 0.6 is 15.9 Å². The molecule has 0 atom stereocenters. The second-order valence-electron chi connectivity index (χ2n) is 8.88. The summed E-state index contributed by atoms with van der Waals surface area (Å²) in [6, 6.07) is 15.3. The van der Waals surface area contributed by atoms with Gasteiger partial charge in [-0.05, 0) is 61.9 Å². The smallest absolute Gasteiger partial charge is 0.227 e. The Balaban J connectivity index is 1.27. The third-order valence-corrected chi connectivity index (χ3v) is 8.86. The maximum absolute atomic E-state index is 12.8. The van der Waals surface area contributed by atoms with E-state index >= 15 is 0 Å². The first-order valence-electron chi connectivity index (χ1n) is 11.4. The molecule has 4 rings (SSSR count). The molecule has 0 saturated carbocycles. The minimum atomic E-state index is -3.40. The van der Waals surface area contributed by atoms with Crippen LogP contribution in [0, 0.1) is 5.92 Å². The first-order valence-corrected chi connectivity index (χ1v) is 13.8. The van der Waals surface area contributed by atoms with Crippen LogP contribution in [-0.2, 0) is 20.6 Å². The summed E-state index contributed by atoms with van der Waals surface area (Å²) in [5.41, 5.74) is 2.71. The molecule has 2 saturated heterocycles. The molecule has 2 aromatic carbocycles. The Morgan fingerprint density at radius 3 is 2.15 bits per heavy atom. The van der Waals surface area contributed by atoms with E-state index in [1.54, 1.807) is 0 Å². The average Bonchev–Trinajstić information content (AvgIpc) is 2.82. The Morgan fingerprint density at radius 2 is 1.55 bits per heavy atom. The number of halogens is 1. The van der Waals surface area contributed by atoms with E-state index in [2.05, 4.69) is 50.2 Å². The minimum absolute atomic E-state index is 0.0171. The quantitative estimate of drug-likeness (QED) is 0.614. The highest BCUT2D eigenvalue weighted by atomic mass is 79.9. The summed E-state index contributed by atoms with van der Waals surface area (Å²) in [5.74, 6) is -0.231. The van der Waals surface area contributed by atoms with E-state index in [1.807, 2.05) is 36.4 Å². The lowest BCUT2D eigenvalue weighted by Gasteiger charge is -2.34. The van der Waals surface area contributed by atoms with Gasteiger partial charge in [0.25, 0.3) is 0 Å². The summed E-state index contributed by atoms with van der Waals surface area (Å²) in [7, 11) is -1.26. The Labute approximate surface area is 204 Å². The van der Waals surface area contributed by atoms with Crippen molar-refractivity contribution < 1.29 is 13.2 Å². The van der Waals surface area contributed by atoms with E-state index in [0.717, 1.165) is 41.9 Å². The molecule has 2 fully saturated rings. The lowest BCUT2D eigenvalue weighted by Crippen LogP contribution is -2.44. The van der Waals surface area contributed by atoms with Gasteiger partial charge in [-0.1, -0.05) is 28.1 Å². The summed E-state index contributed by atoms with van der Waals surface area (Å²) in [5, 5.41) is 3.01. The van der Waals surface area contributed by atoms with E-state index in [1.165, 1.54) is 9.99 Å². The Kier molecular flexibility index (Phi) is 7.73. The predicted molar refractivity (Wildman–Crippen MR) is 136 cm³/mol. The summed E-state index contributed by atoms with van der Waals surface area (Å²) in [6.07, 6.45) is 1.07. The molecule has 0 spiro atoms. The number of sulfonamides is 1. The lowest BCUT2D eigenvalue weighted by atomic mass is 9.97. The highest BCUT2D eigenvalue weighted by molar-refractivity contribution is 9.10. The topological polar surface area (TPSA) is 73.0 Å². The maximum atomic E-state index is 12.8. The van der Waals surface area contributed by atoms with Crippen LogP contribution in [0.25, 0.3) is 0 Å². The van der Waals surface area contributed by atoms with Crippen molar-refractivity contribution in [1.82, 2.24) is 9.21 Å². The van der Waals surface area contributed by atoms with Crippen LogP contribution in [0.2, 0.25) is 0 Å². The molecule has 0 aliphatic carbocycles. The Bertz CT molecular complexity index is 1040. The van der Waals surface area contributed by atoms with Gasteiger partial charge in [-0.2, -0.15) is 0 Å². The van der Waals surface area contributed by atoms with Crippen LogP contribution in [0.5, 0.6) is 0 Å². The van der Waals surface area contributed by atoms with Gasteiger partial charge >= 0.3 is 0 Å². The molecule has 33 heavy (non-hydrogen) atoms. The van der Waals surface area contributed by atoms with Gasteiger partial charge in [-0.25, -0.2) is 12.7 Å². The number of rotatable bonds is 6. The Hall–Kier alpha value is -1.94. The van der Waals surface area contributed by atoms with Crippen molar-refractivity contribution in [3.05, 3.63) is 58.6 Å². The molecular formula is C24H31BrN4O3S. The summed E-state index contributed by atoms with van der Waals surface area (Å²) in [6.45, 7) is 4.86. The van der Waals surface area contributed by atoms with Gasteiger partial charge in [0.1, 0.15) is 0 Å². The van der Waals surface area contributed by atoms with Crippen LogP contribution in [0.3, 0.4) is 0 Å². The van der Waals surface area contributed by atoms with E-state index in [0.29, 0.717) is 25.9 Å². The fraction of sp³-hybridized carbons (Fsp3) is 0.458. The number of hydrogen-bond acceptors (Lipinski definition) is 5. The molecule has 1 amide bonds. The largest absolute Gasteiger partial charge is 0.369 e. The standard InChI is InChI=1S/C24H31BrN4O3S/c1-27-14-16-28(17-15-27)23-8-6-22(7-9-23)26-24(30)20-10-12-29(13-11-20)33(31,32)18-19-2-4-21(25)5-3-19/h2-9,20H,10-18H2,1H3,(H,26,30). The van der Waals surface area contributed by atoms with Crippen molar-refractivity contribution in [3.8, 4) is 0 Å². The molecule has 0 bridgehead atoms. The number of piperidine rings is 1. The van der Waals surface area contributed by atoms with E-state index in [9.17, 15) is 13.2 Å². The first-order chi connectivity index (χ1) is 15.8. The van der Waals surface area contributed by atoms with Gasteiger partial charge < -0.3 is 15.1 Å². The first kappa shape index (κ1) is 24.2. The van der Waals surface area contributed by atoms with Crippen LogP contribution in [0.15, 0.2) is 53.0 Å². The summed E-state index contributed by atoms with van der Waals surface area (Å²) in [4.78, 5) is 17.4. The second-order valence-corrected chi connectivity index (χ2v) is 11.8. The maximum Gasteiger partial charge on any atom is 0.227 e. The van der Waals surface area contributed by atoms with Gasteiger partial charge in [-0.3, -0.25) is 4.79 Å². The molecule has 1 N–H and O–H groups in total. The zero-order valence-electron chi connectivity index (χ0n) is 18.9. The molecular weight excluding hydrogens is 504 g/mol. The molecule has 178 valence electrons. The number of nitrogens with zero attached hydrogens (tertiary/aromatic N) is 3. The number of carbonyl (C=O) groups excluding carboxylic acids is 1. The highest BCUT2D eigenvalue weighted by Crippen LogP contribution is 2.25. The van der Waals surface area contributed by atoms with Crippen molar-refractivity contribution >= 4 is 43.2 Å². The van der Waals surface area contributed by atoms with Gasteiger partial charge in [0.15, 0.2) is 0 Å². The van der Waals surface area contributed by atoms with Crippen LogP contribution < -0.4 is 10.2 Å². The van der Waals surface area contributed by atoms with Crippen LogP contribution in [-0.4, -0.2) is 69.8 Å². The molecule has 7 nitrogen and oxygen atoms in total. The normalized spacial score (nSPS) is 18.9. The van der Waals surface area contributed by atoms with Gasteiger partial charge in [0, 0.05) is 61.0 Å². The number of likely N-dealkylation sites (N-methyl/N-ethyl adjacent to an activating group) is 1. The number of benzene rings is 2. The summed E-state index contributed by atoms with van der Waals surface area (Å²) < 4.78 is 28.0. The number of carbonyl (C=O) groups is 1. The highest BCUT2D eigenvalue weighted by Gasteiger charge is 2.31. The zero-order valence-corrected chi connectivity index (χ0v) is 21.3. The van der Waals surface area contributed by atoms with E-state index < -0.39 is 10.0 Å². The molecule has 0 aromatic heterocycles. The van der Waals surface area contributed by atoms with E-state index in [-0.39, 0.29) is 17.6 Å². The van der Waals surface area contributed by atoms with Crippen molar-refractivity contribution in [2.24, 2.45) is 5.92 Å². The monoisotopic (exact) mass is 534 g/mol. The molecule has 0 radical (unpaired) electrons. The van der Waals surface area contributed by atoms with E-state index in [4.69, 9.17) is 0 Å². The van der Waals surface area contributed by atoms with Crippen molar-refractivity contribution in [1.29, 1.82) is 0 Å². The molecule has 0 unspecified atom stereocenters. The fourth-order valence-electron chi connectivity index (χ4n) is 4.34.